The van der Waals surface area contributed by atoms with Crippen LogP contribution in [0.15, 0.2) is 59.8 Å². The Bertz CT molecular complexity index is 972. The summed E-state index contributed by atoms with van der Waals surface area (Å²) in [5.41, 5.74) is 1.79. The second-order valence-electron chi connectivity index (χ2n) is 7.17. The molecule has 7 heteroatoms. The van der Waals surface area contributed by atoms with Crippen LogP contribution in [0.25, 0.3) is 0 Å². The van der Waals surface area contributed by atoms with Gasteiger partial charge in [-0.1, -0.05) is 60.3 Å². The van der Waals surface area contributed by atoms with Gasteiger partial charge in [0.1, 0.15) is 11.6 Å². The molecular formula is C22H23FN4OS. The van der Waals surface area contributed by atoms with Crippen molar-refractivity contribution in [3.63, 3.8) is 0 Å². The van der Waals surface area contributed by atoms with Crippen molar-refractivity contribution < 1.29 is 9.18 Å². The molecule has 1 aliphatic carbocycles. The number of amides is 1. The van der Waals surface area contributed by atoms with E-state index in [0.717, 1.165) is 23.8 Å². The first kappa shape index (κ1) is 19.6. The maximum Gasteiger partial charge on any atom is 0.230 e. The summed E-state index contributed by atoms with van der Waals surface area (Å²) in [5, 5.41) is 12.3. The molecule has 0 atom stereocenters. The molecule has 0 saturated heterocycles. The zero-order chi connectivity index (χ0) is 20.1. The topological polar surface area (TPSA) is 59.8 Å². The van der Waals surface area contributed by atoms with E-state index in [9.17, 15) is 9.18 Å². The van der Waals surface area contributed by atoms with Gasteiger partial charge in [0.05, 0.1) is 12.3 Å². The average Bonchev–Trinajstić information content (AvgIpc) is 3.50. The lowest BCUT2D eigenvalue weighted by Crippen LogP contribution is -2.27. The molecule has 0 aliphatic heterocycles. The predicted octanol–water partition coefficient (Wildman–Crippen LogP) is 3.79. The third-order valence-electron chi connectivity index (χ3n) is 4.88. The molecule has 1 aromatic heterocycles. The largest absolute Gasteiger partial charge is 0.355 e. The minimum atomic E-state index is -0.238. The van der Waals surface area contributed by atoms with Crippen LogP contribution < -0.4 is 5.32 Å². The van der Waals surface area contributed by atoms with Gasteiger partial charge in [0.2, 0.25) is 5.91 Å². The normalized spacial score (nSPS) is 13.4. The molecule has 0 bridgehead atoms. The van der Waals surface area contributed by atoms with Crippen LogP contribution in [-0.4, -0.2) is 33.0 Å². The molecule has 0 radical (unpaired) electrons. The Morgan fingerprint density at radius 2 is 1.86 bits per heavy atom. The van der Waals surface area contributed by atoms with Gasteiger partial charge in [-0.25, -0.2) is 4.39 Å². The van der Waals surface area contributed by atoms with Crippen molar-refractivity contribution in [2.45, 2.75) is 36.9 Å². The first-order chi connectivity index (χ1) is 14.2. The van der Waals surface area contributed by atoms with E-state index in [4.69, 9.17) is 0 Å². The van der Waals surface area contributed by atoms with Crippen molar-refractivity contribution >= 4 is 17.7 Å². The Labute approximate surface area is 173 Å². The van der Waals surface area contributed by atoms with Crippen LogP contribution in [0.1, 0.15) is 35.7 Å². The van der Waals surface area contributed by atoms with E-state index in [1.54, 1.807) is 18.2 Å². The first-order valence-electron chi connectivity index (χ1n) is 9.80. The Morgan fingerprint density at radius 1 is 1.10 bits per heavy atom. The Morgan fingerprint density at radius 3 is 2.62 bits per heavy atom. The molecule has 1 aliphatic rings. The smallest absolute Gasteiger partial charge is 0.230 e. The molecule has 1 N–H and O–H groups in total. The van der Waals surface area contributed by atoms with E-state index in [1.165, 1.54) is 23.4 Å². The van der Waals surface area contributed by atoms with Crippen molar-refractivity contribution in [2.24, 2.45) is 0 Å². The van der Waals surface area contributed by atoms with Gasteiger partial charge in [-0.15, -0.1) is 10.2 Å². The van der Waals surface area contributed by atoms with Crippen LogP contribution in [-0.2, 0) is 17.8 Å². The summed E-state index contributed by atoms with van der Waals surface area (Å²) >= 11 is 1.39. The Kier molecular flexibility index (Phi) is 6.24. The Hall–Kier alpha value is -2.67. The lowest BCUT2D eigenvalue weighted by atomic mass is 10.1. The van der Waals surface area contributed by atoms with Gasteiger partial charge in [0.25, 0.3) is 0 Å². The number of rotatable bonds is 9. The highest BCUT2D eigenvalue weighted by molar-refractivity contribution is 7.99. The maximum atomic E-state index is 13.6. The van der Waals surface area contributed by atoms with Gasteiger partial charge in [-0.3, -0.25) is 4.79 Å². The molecule has 5 nitrogen and oxygen atoms in total. The minimum absolute atomic E-state index is 0.0893. The number of hydrogen-bond acceptors (Lipinski definition) is 4. The molecular weight excluding hydrogens is 387 g/mol. The predicted molar refractivity (Wildman–Crippen MR) is 111 cm³/mol. The second kappa shape index (κ2) is 9.22. The SMILES string of the molecule is O=C(CSc1nnc(C2CC2)n1Cc1ccccc1)NCCc1ccccc1F. The van der Waals surface area contributed by atoms with Crippen LogP contribution >= 0.6 is 11.8 Å². The third-order valence-corrected chi connectivity index (χ3v) is 5.84. The molecule has 3 aromatic rings. The maximum absolute atomic E-state index is 13.6. The van der Waals surface area contributed by atoms with E-state index in [1.807, 2.05) is 18.2 Å². The lowest BCUT2D eigenvalue weighted by molar-refractivity contribution is -0.118. The first-order valence-corrected chi connectivity index (χ1v) is 10.8. The number of nitrogens with one attached hydrogen (secondary N) is 1. The molecule has 150 valence electrons. The Balaban J connectivity index is 1.33. The number of halogens is 1. The fourth-order valence-corrected chi connectivity index (χ4v) is 3.96. The fourth-order valence-electron chi connectivity index (χ4n) is 3.18. The van der Waals surface area contributed by atoms with Gasteiger partial charge >= 0.3 is 0 Å². The number of carbonyl (C=O) groups excluding carboxylic acids is 1. The summed E-state index contributed by atoms with van der Waals surface area (Å²) in [6.07, 6.45) is 2.77. The van der Waals surface area contributed by atoms with E-state index < -0.39 is 0 Å². The molecule has 29 heavy (non-hydrogen) atoms. The zero-order valence-corrected chi connectivity index (χ0v) is 16.9. The minimum Gasteiger partial charge on any atom is -0.355 e. The van der Waals surface area contributed by atoms with Crippen LogP contribution in [0.5, 0.6) is 0 Å². The van der Waals surface area contributed by atoms with Gasteiger partial charge in [-0.2, -0.15) is 0 Å². The van der Waals surface area contributed by atoms with Crippen LogP contribution in [0, 0.1) is 5.82 Å². The highest BCUT2D eigenvalue weighted by Crippen LogP contribution is 2.40. The highest BCUT2D eigenvalue weighted by atomic mass is 32.2. The highest BCUT2D eigenvalue weighted by Gasteiger charge is 2.30. The molecule has 1 heterocycles. The van der Waals surface area contributed by atoms with Gasteiger partial charge in [0, 0.05) is 12.5 Å². The van der Waals surface area contributed by atoms with Crippen LogP contribution in [0.2, 0.25) is 0 Å². The van der Waals surface area contributed by atoms with Gasteiger partial charge in [0.15, 0.2) is 5.16 Å². The molecule has 4 rings (SSSR count). The summed E-state index contributed by atoms with van der Waals surface area (Å²) in [6.45, 7) is 1.11. The van der Waals surface area contributed by atoms with Crippen molar-refractivity contribution in [1.29, 1.82) is 0 Å². The molecule has 2 aromatic carbocycles. The number of nitrogens with zero attached hydrogens (tertiary/aromatic N) is 3. The van der Waals surface area contributed by atoms with E-state index in [2.05, 4.69) is 32.2 Å². The standard InChI is InChI=1S/C22H23FN4OS/c23-19-9-5-4-8-17(19)12-13-24-20(28)15-29-22-26-25-21(18-10-11-18)27(22)14-16-6-2-1-3-7-16/h1-9,18H,10-15H2,(H,24,28). The number of aromatic nitrogens is 3. The van der Waals surface area contributed by atoms with Crippen molar-refractivity contribution in [3.05, 3.63) is 77.4 Å². The monoisotopic (exact) mass is 410 g/mol. The zero-order valence-electron chi connectivity index (χ0n) is 16.1. The fraction of sp³-hybridized carbons (Fsp3) is 0.318. The van der Waals surface area contributed by atoms with Crippen LogP contribution in [0.3, 0.4) is 0 Å². The number of hydrogen-bond donors (Lipinski definition) is 1. The van der Waals surface area contributed by atoms with Crippen LogP contribution in [0.4, 0.5) is 4.39 Å². The number of carbonyl (C=O) groups is 1. The van der Waals surface area contributed by atoms with E-state index >= 15 is 0 Å². The molecule has 1 saturated carbocycles. The molecule has 1 amide bonds. The third kappa shape index (κ3) is 5.23. The summed E-state index contributed by atoms with van der Waals surface area (Å²) in [4.78, 5) is 12.2. The van der Waals surface area contributed by atoms with Crippen molar-refractivity contribution in [3.8, 4) is 0 Å². The summed E-state index contributed by atoms with van der Waals surface area (Å²) in [5.74, 6) is 1.42. The van der Waals surface area contributed by atoms with Gasteiger partial charge in [-0.05, 0) is 36.5 Å². The summed E-state index contributed by atoms with van der Waals surface area (Å²) < 4.78 is 15.8. The molecule has 0 unspecified atom stereocenters. The van der Waals surface area contributed by atoms with E-state index in [0.29, 0.717) is 31.0 Å². The summed E-state index contributed by atoms with van der Waals surface area (Å²) in [7, 11) is 0. The number of benzene rings is 2. The molecule has 0 spiro atoms. The number of thioether (sulfide) groups is 1. The quantitative estimate of drug-likeness (QED) is 0.545. The van der Waals surface area contributed by atoms with Crippen molar-refractivity contribution in [2.75, 3.05) is 12.3 Å². The second-order valence-corrected chi connectivity index (χ2v) is 8.11. The summed E-state index contributed by atoms with van der Waals surface area (Å²) in [6, 6.07) is 16.8. The van der Waals surface area contributed by atoms with Crippen molar-refractivity contribution in [1.82, 2.24) is 20.1 Å². The average molecular weight is 411 g/mol. The molecule has 1 fully saturated rings. The van der Waals surface area contributed by atoms with E-state index in [-0.39, 0.29) is 17.5 Å². The lowest BCUT2D eigenvalue weighted by Gasteiger charge is -2.10. The van der Waals surface area contributed by atoms with Gasteiger partial charge < -0.3 is 9.88 Å².